The Kier molecular flexibility index (Phi) is 30.4. The van der Waals surface area contributed by atoms with Crippen molar-refractivity contribution in [2.75, 3.05) is 40.4 Å². The fraction of sp³-hybridized carbons (Fsp3) is 0.742. The number of esters is 2. The largest absolute Gasteiger partial charge is 1.00 e. The molecule has 0 aliphatic carbocycles. The van der Waals surface area contributed by atoms with E-state index in [0.29, 0.717) is 38.7 Å². The Labute approximate surface area is 333 Å². The normalized spacial score (nSPS) is 14.9. The molecular formula is C31H52F3KN2O13. The number of amides is 2. The van der Waals surface area contributed by atoms with Crippen LogP contribution < -0.4 is 56.5 Å². The average molecular weight is 757 g/mol. The molecule has 0 aromatic rings. The number of rotatable bonds is 7. The summed E-state index contributed by atoms with van der Waals surface area (Å²) in [5.41, 5.74) is -0.973. The number of carbonyl (C=O) groups excluding carboxylic acids is 5. The number of carboxylic acid groups (broad SMARTS) is 1. The van der Waals surface area contributed by atoms with Crippen molar-refractivity contribution >= 4 is 35.9 Å². The number of hydrogen-bond acceptors (Lipinski definition) is 12. The Balaban J connectivity index is -0.000000328. The number of likely N-dealkylation sites (tertiary alicyclic amines) is 2. The van der Waals surface area contributed by atoms with Crippen LogP contribution in [0, 0.1) is 11.8 Å². The summed E-state index contributed by atoms with van der Waals surface area (Å²) in [7, 11) is 2.39. The molecule has 50 heavy (non-hydrogen) atoms. The van der Waals surface area contributed by atoms with Crippen molar-refractivity contribution in [3.8, 4) is 0 Å². The van der Waals surface area contributed by atoms with Crippen molar-refractivity contribution in [2.45, 2.75) is 97.7 Å². The number of aliphatic hydroxyl groups excluding tert-OH is 1. The smallest absolute Gasteiger partial charge is 0.629 e. The van der Waals surface area contributed by atoms with Gasteiger partial charge >= 0.3 is 81.5 Å². The first-order valence-electron chi connectivity index (χ1n) is 15.2. The van der Waals surface area contributed by atoms with Crippen LogP contribution in [0.15, 0.2) is 12.0 Å². The molecule has 2 fully saturated rings. The second-order valence-corrected chi connectivity index (χ2v) is 12.9. The molecule has 2 aliphatic rings. The van der Waals surface area contributed by atoms with Crippen molar-refractivity contribution in [2.24, 2.45) is 11.8 Å². The van der Waals surface area contributed by atoms with E-state index >= 15 is 0 Å². The second-order valence-electron chi connectivity index (χ2n) is 12.9. The molecule has 286 valence electrons. The molecule has 0 atom stereocenters. The van der Waals surface area contributed by atoms with Gasteiger partial charge in [-0.3, -0.25) is 19.1 Å². The van der Waals surface area contributed by atoms with Gasteiger partial charge in [0.25, 0.3) is 0 Å². The van der Waals surface area contributed by atoms with E-state index < -0.39 is 35.1 Å². The Morgan fingerprint density at radius 3 is 1.36 bits per heavy atom. The zero-order valence-electron chi connectivity index (χ0n) is 30.5. The van der Waals surface area contributed by atoms with Crippen molar-refractivity contribution < 1.29 is 128 Å². The third kappa shape index (κ3) is 29.1. The van der Waals surface area contributed by atoms with E-state index in [1.54, 1.807) is 9.80 Å². The van der Waals surface area contributed by atoms with Gasteiger partial charge in [0.2, 0.25) is 0 Å². The maximum Gasteiger partial charge on any atom is 1.00 e. The molecule has 0 saturated carbocycles. The van der Waals surface area contributed by atoms with Crippen molar-refractivity contribution in [3.63, 3.8) is 0 Å². The van der Waals surface area contributed by atoms with Crippen molar-refractivity contribution in [1.29, 1.82) is 0 Å². The van der Waals surface area contributed by atoms with E-state index in [4.69, 9.17) is 28.8 Å². The number of carboxylic acids is 1. The number of nitrogens with zero attached hydrogens (tertiary/aromatic N) is 2. The number of ether oxygens (including phenoxy) is 4. The van der Waals surface area contributed by atoms with Crippen LogP contribution in [0.3, 0.4) is 0 Å². The van der Waals surface area contributed by atoms with Crippen molar-refractivity contribution in [1.82, 2.24) is 9.80 Å². The predicted octanol–water partition coefficient (Wildman–Crippen LogP) is 1.18. The van der Waals surface area contributed by atoms with Crippen LogP contribution in [0.4, 0.5) is 23.4 Å². The first-order chi connectivity index (χ1) is 22.1. The number of piperidine rings is 2. The van der Waals surface area contributed by atoms with Gasteiger partial charge in [0.15, 0.2) is 0 Å². The van der Waals surface area contributed by atoms with Gasteiger partial charge in [-0.05, 0) is 79.1 Å². The van der Waals surface area contributed by atoms with Crippen molar-refractivity contribution in [3.05, 3.63) is 12.0 Å². The van der Waals surface area contributed by atoms with Crippen LogP contribution in [-0.4, -0.2) is 107 Å². The summed E-state index contributed by atoms with van der Waals surface area (Å²) in [6.07, 6.45) is 3.24. The van der Waals surface area contributed by atoms with E-state index in [-0.39, 0.29) is 98.7 Å². The van der Waals surface area contributed by atoms with Gasteiger partial charge in [0, 0.05) is 54.2 Å². The minimum absolute atomic E-state index is 0. The molecule has 19 heteroatoms. The Hall–Kier alpha value is -2.61. The summed E-state index contributed by atoms with van der Waals surface area (Å²) in [5, 5.41) is 26.2. The topological polar surface area (TPSA) is 209 Å². The molecule has 0 aromatic heterocycles. The molecule has 2 aliphatic heterocycles. The zero-order valence-corrected chi connectivity index (χ0v) is 33.6. The van der Waals surface area contributed by atoms with Gasteiger partial charge in [0.05, 0.1) is 20.2 Å². The van der Waals surface area contributed by atoms with Gasteiger partial charge < -0.3 is 44.1 Å². The molecule has 2 heterocycles. The monoisotopic (exact) mass is 756 g/mol. The quantitative estimate of drug-likeness (QED) is 0.0935. The Morgan fingerprint density at radius 1 is 0.740 bits per heavy atom. The standard InChI is InChI=1S/C15H25NO5.C12H21NO4.C4H6O4.F2.FH.K/c1-15(2,3)21-14(19)16-7-5-11(6-8-16)9-12(17)10-13(18)20-4;1-12(2,3)17-11(16)13-6-4-9(5-7-13)8-10(14)15;1-8-4(7)2-3(5)6;1-2;;/h11H,5-10H2,1-4H3;9H,4-8H2,1-3H3,(H,14,15);2,5-6H,1H3;;1H;/q;;;;;+1/p-1. The van der Waals surface area contributed by atoms with Crippen LogP contribution in [0.1, 0.15) is 86.5 Å². The van der Waals surface area contributed by atoms with Crippen LogP contribution in [0.25, 0.3) is 0 Å². The predicted molar refractivity (Wildman–Crippen MR) is 167 cm³/mol. The van der Waals surface area contributed by atoms with E-state index in [2.05, 4.69) is 9.47 Å². The van der Waals surface area contributed by atoms with E-state index in [9.17, 15) is 33.9 Å². The number of ketones is 1. The molecule has 0 spiro atoms. The maximum atomic E-state index is 11.9. The number of aliphatic hydroxyl groups is 1. The zero-order chi connectivity index (χ0) is 37.7. The molecule has 2 amide bonds. The number of halogens is 3. The maximum absolute atomic E-state index is 11.9. The molecule has 0 aromatic carbocycles. The van der Waals surface area contributed by atoms with Gasteiger partial charge in [-0.25, -0.2) is 14.4 Å². The number of Topliss-reactive ketones (excluding diaryl/α,β-unsaturated/α-hetero) is 1. The summed E-state index contributed by atoms with van der Waals surface area (Å²) >= 11 is 0. The molecular weight excluding hydrogens is 704 g/mol. The van der Waals surface area contributed by atoms with E-state index in [1.807, 2.05) is 41.5 Å². The molecule has 0 radical (unpaired) electrons. The molecule has 15 nitrogen and oxygen atoms in total. The third-order valence-corrected chi connectivity index (χ3v) is 6.52. The van der Waals surface area contributed by atoms with Gasteiger partial charge in [-0.15, -0.1) is 0 Å². The SMILES string of the molecule is CC(C)(C)OC(=O)N1CCC(CC(=O)O)CC1.COC(=O)/C=C(/[O-])O.COC(=O)CC(=O)CC1CCN(C(=O)OC(C)(C)C)CC1.F.FF.[K+]. The van der Waals surface area contributed by atoms with E-state index in [0.717, 1.165) is 32.8 Å². The summed E-state index contributed by atoms with van der Waals surface area (Å²) in [5.74, 6) is -3.09. The van der Waals surface area contributed by atoms with Crippen LogP contribution >= 0.6 is 0 Å². The summed E-state index contributed by atoms with van der Waals surface area (Å²) in [4.78, 5) is 70.2. The first kappa shape index (κ1) is 54.2. The molecule has 2 rings (SSSR count). The van der Waals surface area contributed by atoms with Crippen LogP contribution in [-0.2, 0) is 38.1 Å². The van der Waals surface area contributed by atoms with E-state index in [1.165, 1.54) is 7.11 Å². The van der Waals surface area contributed by atoms with Gasteiger partial charge in [-0.2, -0.15) is 0 Å². The van der Waals surface area contributed by atoms with Gasteiger partial charge in [0.1, 0.15) is 23.4 Å². The minimum atomic E-state index is -1.29. The fourth-order valence-electron chi connectivity index (χ4n) is 4.33. The van der Waals surface area contributed by atoms with Gasteiger partial charge in [-0.1, -0.05) is 0 Å². The second kappa shape index (κ2) is 28.0. The average Bonchev–Trinajstić information content (AvgIpc) is 2.97. The number of aliphatic carboxylic acids is 1. The number of carbonyl (C=O) groups is 6. The summed E-state index contributed by atoms with van der Waals surface area (Å²) in [6, 6.07) is 0. The fourth-order valence-corrected chi connectivity index (χ4v) is 4.33. The molecule has 0 bridgehead atoms. The number of hydrogen-bond donors (Lipinski definition) is 2. The van der Waals surface area contributed by atoms with Crippen LogP contribution in [0.5, 0.6) is 0 Å². The third-order valence-electron chi connectivity index (χ3n) is 6.52. The first-order valence-corrected chi connectivity index (χ1v) is 15.2. The summed E-state index contributed by atoms with van der Waals surface area (Å²) in [6.45, 7) is 13.4. The Bertz CT molecular complexity index is 1060. The molecule has 2 saturated heterocycles. The molecule has 2 N–H and O–H groups in total. The summed E-state index contributed by atoms with van der Waals surface area (Å²) < 4.78 is 35.0. The minimum Gasteiger partial charge on any atom is -0.629 e. The molecule has 0 unspecified atom stereocenters. The Morgan fingerprint density at radius 2 is 1.10 bits per heavy atom. The van der Waals surface area contributed by atoms with Crippen LogP contribution in [0.2, 0.25) is 0 Å². The number of methoxy groups -OCH3 is 2.